The number of thioether (sulfide) groups is 1. The van der Waals surface area contributed by atoms with Gasteiger partial charge in [-0.2, -0.15) is 0 Å². The lowest BCUT2D eigenvalue weighted by molar-refractivity contribution is -0.142. The molecule has 2 aromatic carbocycles. The monoisotopic (exact) mass is 589 g/mol. The van der Waals surface area contributed by atoms with Gasteiger partial charge in [0.05, 0.1) is 7.11 Å². The summed E-state index contributed by atoms with van der Waals surface area (Å²) in [6, 6.07) is 18.3. The fourth-order valence-electron chi connectivity index (χ4n) is 6.15. The van der Waals surface area contributed by atoms with Crippen LogP contribution >= 0.6 is 11.8 Å². The minimum Gasteiger partial charge on any atom is -0.497 e. The molecule has 3 aromatic rings. The Hall–Kier alpha value is -3.33. The minimum absolute atomic E-state index is 0.0687. The summed E-state index contributed by atoms with van der Waals surface area (Å²) in [6.45, 7) is 3.96. The van der Waals surface area contributed by atoms with E-state index in [1.165, 1.54) is 31.2 Å². The number of hydrogen-bond acceptors (Lipinski definition) is 6. The van der Waals surface area contributed by atoms with Crippen LogP contribution in [0.25, 0.3) is 5.69 Å². The van der Waals surface area contributed by atoms with E-state index in [1.807, 2.05) is 52.3 Å². The van der Waals surface area contributed by atoms with Gasteiger partial charge in [-0.3, -0.25) is 14.2 Å². The van der Waals surface area contributed by atoms with Crippen LogP contribution in [-0.4, -0.2) is 74.9 Å². The Bertz CT molecular complexity index is 1310. The van der Waals surface area contributed by atoms with Crippen LogP contribution in [0.1, 0.15) is 69.7 Å². The molecular formula is C33H43N5O3S. The number of rotatable bonds is 12. The predicted octanol–water partition coefficient (Wildman–Crippen LogP) is 5.77. The zero-order valence-corrected chi connectivity index (χ0v) is 25.7. The molecular weight excluding hydrogens is 546 g/mol. The Morgan fingerprint density at radius 3 is 2.43 bits per heavy atom. The van der Waals surface area contributed by atoms with E-state index < -0.39 is 0 Å². The van der Waals surface area contributed by atoms with Gasteiger partial charge in [0.2, 0.25) is 11.8 Å². The third-order valence-corrected chi connectivity index (χ3v) is 9.56. The smallest absolute Gasteiger partial charge is 0.222 e. The van der Waals surface area contributed by atoms with Crippen molar-refractivity contribution in [3.05, 3.63) is 66.0 Å². The van der Waals surface area contributed by atoms with E-state index in [2.05, 4.69) is 33.8 Å². The number of nitrogens with zero attached hydrogens (tertiary/aromatic N) is 5. The van der Waals surface area contributed by atoms with Crippen molar-refractivity contribution in [1.29, 1.82) is 0 Å². The van der Waals surface area contributed by atoms with Gasteiger partial charge in [0, 0.05) is 56.4 Å². The molecule has 9 heteroatoms. The third-order valence-electron chi connectivity index (χ3n) is 8.54. The fourth-order valence-corrected chi connectivity index (χ4v) is 7.06. The van der Waals surface area contributed by atoms with Crippen LogP contribution in [0.3, 0.4) is 0 Å². The first-order valence-corrected chi connectivity index (χ1v) is 16.3. The van der Waals surface area contributed by atoms with Crippen molar-refractivity contribution in [2.45, 2.75) is 75.9 Å². The molecule has 2 amide bonds. The van der Waals surface area contributed by atoms with E-state index in [1.54, 1.807) is 18.9 Å². The molecule has 1 saturated heterocycles. The highest BCUT2D eigenvalue weighted by molar-refractivity contribution is 7.99. The van der Waals surface area contributed by atoms with E-state index in [-0.39, 0.29) is 17.9 Å². The van der Waals surface area contributed by atoms with Crippen LogP contribution in [0.4, 0.5) is 0 Å². The number of carbonyl (C=O) groups excluding carboxylic acids is 2. The van der Waals surface area contributed by atoms with Crippen molar-refractivity contribution in [1.82, 2.24) is 24.6 Å². The summed E-state index contributed by atoms with van der Waals surface area (Å²) in [5.41, 5.74) is 2.15. The molecule has 1 aliphatic carbocycles. The summed E-state index contributed by atoms with van der Waals surface area (Å²) < 4.78 is 7.45. The maximum Gasteiger partial charge on any atom is 0.222 e. The quantitative estimate of drug-likeness (QED) is 0.197. The lowest BCUT2D eigenvalue weighted by atomic mass is 10.0. The summed E-state index contributed by atoms with van der Waals surface area (Å²) in [4.78, 5) is 29.8. The number of methoxy groups -OCH3 is 1. The third kappa shape index (κ3) is 7.73. The Balaban J connectivity index is 1.12. The molecule has 5 rings (SSSR count). The normalized spacial score (nSPS) is 17.5. The van der Waals surface area contributed by atoms with Crippen molar-refractivity contribution < 1.29 is 14.3 Å². The van der Waals surface area contributed by atoms with Crippen LogP contribution in [0, 0.1) is 5.92 Å². The molecule has 0 bridgehead atoms. The number of amides is 2. The van der Waals surface area contributed by atoms with Crippen LogP contribution in [0.15, 0.2) is 59.8 Å². The first-order valence-electron chi connectivity index (χ1n) is 15.3. The van der Waals surface area contributed by atoms with Crippen molar-refractivity contribution >= 4 is 23.6 Å². The molecule has 1 unspecified atom stereocenters. The van der Waals surface area contributed by atoms with Crippen molar-refractivity contribution in [2.75, 3.05) is 32.5 Å². The van der Waals surface area contributed by atoms with Gasteiger partial charge in [-0.1, -0.05) is 67.8 Å². The maximum atomic E-state index is 13.1. The zero-order valence-electron chi connectivity index (χ0n) is 24.9. The van der Waals surface area contributed by atoms with Crippen LogP contribution < -0.4 is 4.74 Å². The lowest BCUT2D eigenvalue weighted by Gasteiger charge is -2.40. The average molecular weight is 590 g/mol. The SMILES string of the molecule is COc1ccc(-n2c(Cc3ccccc3)nnc2SCCCC(=O)N2CCN(C(=O)CCC3CCCC3)C(C)C2)cc1. The molecule has 2 fully saturated rings. The van der Waals surface area contributed by atoms with Crippen LogP contribution in [-0.2, 0) is 16.0 Å². The first kappa shape index (κ1) is 30.1. The zero-order chi connectivity index (χ0) is 29.3. The second-order valence-electron chi connectivity index (χ2n) is 11.5. The topological polar surface area (TPSA) is 80.6 Å². The van der Waals surface area contributed by atoms with E-state index >= 15 is 0 Å². The molecule has 0 radical (unpaired) electrons. The van der Waals surface area contributed by atoms with Crippen molar-refractivity contribution in [2.24, 2.45) is 5.92 Å². The van der Waals surface area contributed by atoms with Gasteiger partial charge in [-0.25, -0.2) is 0 Å². The summed E-state index contributed by atoms with van der Waals surface area (Å²) >= 11 is 1.63. The average Bonchev–Trinajstić information content (AvgIpc) is 3.68. The summed E-state index contributed by atoms with van der Waals surface area (Å²) in [5.74, 6) is 3.58. The summed E-state index contributed by atoms with van der Waals surface area (Å²) in [5, 5.41) is 9.88. The van der Waals surface area contributed by atoms with Gasteiger partial charge in [-0.05, 0) is 55.5 Å². The van der Waals surface area contributed by atoms with E-state index in [0.717, 1.165) is 46.9 Å². The Kier molecular flexibility index (Phi) is 10.6. The fraction of sp³-hybridized carbons (Fsp3) is 0.515. The molecule has 1 atom stereocenters. The Morgan fingerprint density at radius 2 is 1.71 bits per heavy atom. The second kappa shape index (κ2) is 14.7. The molecule has 1 saturated carbocycles. The van der Waals surface area contributed by atoms with Gasteiger partial charge in [0.15, 0.2) is 5.16 Å². The van der Waals surface area contributed by atoms with Gasteiger partial charge >= 0.3 is 0 Å². The molecule has 2 heterocycles. The summed E-state index contributed by atoms with van der Waals surface area (Å²) in [6.07, 6.45) is 8.75. The van der Waals surface area contributed by atoms with Crippen LogP contribution in [0.5, 0.6) is 5.75 Å². The Morgan fingerprint density at radius 1 is 0.952 bits per heavy atom. The summed E-state index contributed by atoms with van der Waals surface area (Å²) in [7, 11) is 1.66. The molecule has 224 valence electrons. The van der Waals surface area contributed by atoms with E-state index in [4.69, 9.17) is 4.74 Å². The standard InChI is InChI=1S/C33H43N5O3S/c1-25-24-36(20-21-37(25)32(40)19-14-26-9-6-7-10-26)31(39)13-8-22-42-33-35-34-30(23-27-11-4-3-5-12-27)38(33)28-15-17-29(41-2)18-16-28/h3-5,11-12,15-18,25-26H,6-10,13-14,19-24H2,1-2H3. The molecule has 1 aromatic heterocycles. The molecule has 0 spiro atoms. The van der Waals surface area contributed by atoms with E-state index in [0.29, 0.717) is 38.9 Å². The van der Waals surface area contributed by atoms with Crippen LogP contribution in [0.2, 0.25) is 0 Å². The van der Waals surface area contributed by atoms with Crippen molar-refractivity contribution in [3.8, 4) is 11.4 Å². The first-order chi connectivity index (χ1) is 20.5. The molecule has 8 nitrogen and oxygen atoms in total. The highest BCUT2D eigenvalue weighted by Gasteiger charge is 2.30. The predicted molar refractivity (Wildman–Crippen MR) is 166 cm³/mol. The van der Waals surface area contributed by atoms with Gasteiger partial charge in [0.25, 0.3) is 0 Å². The molecule has 2 aliphatic rings. The lowest BCUT2D eigenvalue weighted by Crippen LogP contribution is -2.55. The number of aromatic nitrogens is 3. The highest BCUT2D eigenvalue weighted by atomic mass is 32.2. The number of piperazine rings is 1. The second-order valence-corrected chi connectivity index (χ2v) is 12.6. The molecule has 0 N–H and O–H groups in total. The minimum atomic E-state index is 0.0687. The number of ether oxygens (including phenoxy) is 1. The maximum absolute atomic E-state index is 13.1. The molecule has 42 heavy (non-hydrogen) atoms. The molecule has 1 aliphatic heterocycles. The van der Waals surface area contributed by atoms with Crippen molar-refractivity contribution in [3.63, 3.8) is 0 Å². The Labute approximate surface area is 253 Å². The largest absolute Gasteiger partial charge is 0.497 e. The number of benzene rings is 2. The van der Waals surface area contributed by atoms with Gasteiger partial charge in [-0.15, -0.1) is 10.2 Å². The van der Waals surface area contributed by atoms with Gasteiger partial charge < -0.3 is 14.5 Å². The highest BCUT2D eigenvalue weighted by Crippen LogP contribution is 2.29. The van der Waals surface area contributed by atoms with E-state index in [9.17, 15) is 9.59 Å². The number of carbonyl (C=O) groups is 2. The van der Waals surface area contributed by atoms with Gasteiger partial charge in [0.1, 0.15) is 11.6 Å². The number of hydrogen-bond donors (Lipinski definition) is 0.